The second-order valence-corrected chi connectivity index (χ2v) is 5.49. The fourth-order valence-corrected chi connectivity index (χ4v) is 2.53. The van der Waals surface area contributed by atoms with E-state index in [0.29, 0.717) is 12.5 Å². The zero-order valence-electron chi connectivity index (χ0n) is 10.5. The molecule has 2 rings (SSSR count). The molecule has 18 heavy (non-hydrogen) atoms. The molecular weight excluding hydrogens is 294 g/mol. The first-order valence-electron chi connectivity index (χ1n) is 6.39. The molecule has 1 saturated carbocycles. The molecule has 0 heterocycles. The summed E-state index contributed by atoms with van der Waals surface area (Å²) in [5.74, 6) is 0.269. The maximum atomic E-state index is 12.0. The fourth-order valence-electron chi connectivity index (χ4n) is 2.13. The third kappa shape index (κ3) is 3.25. The molecule has 0 spiro atoms. The Morgan fingerprint density at radius 1 is 1.56 bits per heavy atom. The molecule has 1 fully saturated rings. The first kappa shape index (κ1) is 13.4. The number of esters is 1. The van der Waals surface area contributed by atoms with Crippen molar-refractivity contribution in [1.29, 1.82) is 0 Å². The van der Waals surface area contributed by atoms with Crippen molar-refractivity contribution in [1.82, 2.24) is 0 Å². The Morgan fingerprint density at radius 2 is 2.33 bits per heavy atom. The summed E-state index contributed by atoms with van der Waals surface area (Å²) in [5, 5.41) is 3.30. The minimum Gasteiger partial charge on any atom is -0.464 e. The predicted octanol–water partition coefficient (Wildman–Crippen LogP) is 3.59. The van der Waals surface area contributed by atoms with Crippen molar-refractivity contribution in [2.45, 2.75) is 32.2 Å². The molecule has 0 aromatic heterocycles. The van der Waals surface area contributed by atoms with E-state index in [1.807, 2.05) is 31.2 Å². The Bertz CT molecular complexity index is 418. The van der Waals surface area contributed by atoms with Crippen LogP contribution < -0.4 is 5.32 Å². The van der Waals surface area contributed by atoms with Crippen LogP contribution >= 0.6 is 15.9 Å². The first-order chi connectivity index (χ1) is 8.70. The van der Waals surface area contributed by atoms with E-state index in [9.17, 15) is 4.79 Å². The molecule has 1 aliphatic rings. The van der Waals surface area contributed by atoms with Gasteiger partial charge in [-0.3, -0.25) is 0 Å². The first-order valence-corrected chi connectivity index (χ1v) is 7.18. The lowest BCUT2D eigenvalue weighted by atomic mass is 9.79. The number of halogens is 1. The molecule has 0 aliphatic heterocycles. The highest BCUT2D eigenvalue weighted by atomic mass is 79.9. The van der Waals surface area contributed by atoms with Gasteiger partial charge in [0.1, 0.15) is 6.04 Å². The van der Waals surface area contributed by atoms with E-state index in [1.54, 1.807) is 0 Å². The SMILES string of the molecule is CCOC(=O)C(Nc1cccc(Br)c1)C1CCC1. The maximum absolute atomic E-state index is 12.0. The maximum Gasteiger partial charge on any atom is 0.328 e. The summed E-state index contributed by atoms with van der Waals surface area (Å²) in [6.45, 7) is 2.27. The molecule has 0 bridgehead atoms. The summed E-state index contributed by atoms with van der Waals surface area (Å²) in [6, 6.07) is 7.65. The Kier molecular flexibility index (Phi) is 4.64. The second kappa shape index (κ2) is 6.23. The zero-order valence-corrected chi connectivity index (χ0v) is 12.1. The molecule has 1 aromatic rings. The lowest BCUT2D eigenvalue weighted by Gasteiger charge is -2.33. The van der Waals surface area contributed by atoms with Gasteiger partial charge in [0.2, 0.25) is 0 Å². The van der Waals surface area contributed by atoms with Gasteiger partial charge in [0.25, 0.3) is 0 Å². The summed E-state index contributed by atoms with van der Waals surface area (Å²) < 4.78 is 6.15. The number of carbonyl (C=O) groups excluding carboxylic acids is 1. The average molecular weight is 312 g/mol. The highest BCUT2D eigenvalue weighted by Gasteiger charge is 2.33. The molecule has 98 valence electrons. The van der Waals surface area contributed by atoms with Gasteiger partial charge in [-0.15, -0.1) is 0 Å². The molecule has 3 nitrogen and oxygen atoms in total. The van der Waals surface area contributed by atoms with Crippen molar-refractivity contribution in [3.8, 4) is 0 Å². The van der Waals surface area contributed by atoms with Crippen LogP contribution in [0.2, 0.25) is 0 Å². The van der Waals surface area contributed by atoms with Crippen LogP contribution in [-0.4, -0.2) is 18.6 Å². The largest absolute Gasteiger partial charge is 0.464 e. The van der Waals surface area contributed by atoms with E-state index in [4.69, 9.17) is 4.74 Å². The molecule has 1 aliphatic carbocycles. The molecule has 4 heteroatoms. The van der Waals surface area contributed by atoms with Crippen molar-refractivity contribution in [2.75, 3.05) is 11.9 Å². The van der Waals surface area contributed by atoms with Crippen LogP contribution in [0.15, 0.2) is 28.7 Å². The van der Waals surface area contributed by atoms with Crippen LogP contribution in [0.1, 0.15) is 26.2 Å². The summed E-state index contributed by atoms with van der Waals surface area (Å²) in [6.07, 6.45) is 3.41. The van der Waals surface area contributed by atoms with E-state index in [2.05, 4.69) is 21.2 Å². The molecule has 1 atom stereocenters. The van der Waals surface area contributed by atoms with E-state index in [0.717, 1.165) is 23.0 Å². The van der Waals surface area contributed by atoms with Crippen molar-refractivity contribution in [2.24, 2.45) is 5.92 Å². The van der Waals surface area contributed by atoms with Crippen LogP contribution in [0, 0.1) is 5.92 Å². The minimum atomic E-state index is -0.215. The van der Waals surface area contributed by atoms with E-state index >= 15 is 0 Å². The molecule has 1 aromatic carbocycles. The van der Waals surface area contributed by atoms with Crippen molar-refractivity contribution in [3.05, 3.63) is 28.7 Å². The van der Waals surface area contributed by atoms with Crippen LogP contribution in [0.4, 0.5) is 5.69 Å². The Labute approximate surface area is 116 Å². The van der Waals surface area contributed by atoms with Crippen LogP contribution in [0.5, 0.6) is 0 Å². The lowest BCUT2D eigenvalue weighted by Crippen LogP contribution is -2.41. The summed E-state index contributed by atoms with van der Waals surface area (Å²) in [5.41, 5.74) is 0.953. The number of ether oxygens (including phenoxy) is 1. The molecular formula is C14H18BrNO2. The van der Waals surface area contributed by atoms with Crippen molar-refractivity contribution >= 4 is 27.6 Å². The summed E-state index contributed by atoms with van der Waals surface area (Å²) >= 11 is 3.43. The second-order valence-electron chi connectivity index (χ2n) is 4.58. The van der Waals surface area contributed by atoms with Crippen molar-refractivity contribution in [3.63, 3.8) is 0 Å². The van der Waals surface area contributed by atoms with E-state index in [1.165, 1.54) is 6.42 Å². The molecule has 0 radical (unpaired) electrons. The van der Waals surface area contributed by atoms with Gasteiger partial charge < -0.3 is 10.1 Å². The smallest absolute Gasteiger partial charge is 0.328 e. The number of rotatable bonds is 5. The third-order valence-corrected chi connectivity index (χ3v) is 3.80. The normalized spacial score (nSPS) is 16.8. The molecule has 0 saturated heterocycles. The summed E-state index contributed by atoms with van der Waals surface area (Å²) in [7, 11) is 0. The standard InChI is InChI=1S/C14H18BrNO2/c1-2-18-14(17)13(10-5-3-6-10)16-12-8-4-7-11(15)9-12/h4,7-10,13,16H,2-3,5-6H2,1H3. The molecule has 0 amide bonds. The highest BCUT2D eigenvalue weighted by Crippen LogP contribution is 2.32. The highest BCUT2D eigenvalue weighted by molar-refractivity contribution is 9.10. The Morgan fingerprint density at radius 3 is 2.89 bits per heavy atom. The van der Waals surface area contributed by atoms with Gasteiger partial charge in [-0.1, -0.05) is 28.4 Å². The average Bonchev–Trinajstić information content (AvgIpc) is 2.26. The third-order valence-electron chi connectivity index (χ3n) is 3.31. The van der Waals surface area contributed by atoms with Crippen LogP contribution in [0.25, 0.3) is 0 Å². The fraction of sp³-hybridized carbons (Fsp3) is 0.500. The number of hydrogen-bond acceptors (Lipinski definition) is 3. The summed E-state index contributed by atoms with van der Waals surface area (Å²) in [4.78, 5) is 12.0. The lowest BCUT2D eigenvalue weighted by molar-refractivity contribution is -0.146. The number of nitrogens with one attached hydrogen (secondary N) is 1. The number of carbonyl (C=O) groups is 1. The van der Waals surface area contributed by atoms with Gasteiger partial charge in [-0.2, -0.15) is 0 Å². The van der Waals surface area contributed by atoms with Gasteiger partial charge in [-0.25, -0.2) is 4.79 Å². The van der Waals surface area contributed by atoms with Gasteiger partial charge in [0.15, 0.2) is 0 Å². The monoisotopic (exact) mass is 311 g/mol. The van der Waals surface area contributed by atoms with Gasteiger partial charge >= 0.3 is 5.97 Å². The van der Waals surface area contributed by atoms with Gasteiger partial charge in [0, 0.05) is 10.2 Å². The Hall–Kier alpha value is -1.03. The molecule has 1 unspecified atom stereocenters. The topological polar surface area (TPSA) is 38.3 Å². The predicted molar refractivity (Wildman–Crippen MR) is 75.5 cm³/mol. The quantitative estimate of drug-likeness (QED) is 0.844. The Balaban J connectivity index is 2.06. The number of anilines is 1. The number of benzene rings is 1. The van der Waals surface area contributed by atoms with Crippen molar-refractivity contribution < 1.29 is 9.53 Å². The van der Waals surface area contributed by atoms with Gasteiger partial charge in [-0.05, 0) is 43.9 Å². The van der Waals surface area contributed by atoms with E-state index in [-0.39, 0.29) is 12.0 Å². The van der Waals surface area contributed by atoms with Crippen LogP contribution in [0.3, 0.4) is 0 Å². The zero-order chi connectivity index (χ0) is 13.0. The van der Waals surface area contributed by atoms with Crippen LogP contribution in [-0.2, 0) is 9.53 Å². The van der Waals surface area contributed by atoms with Gasteiger partial charge in [0.05, 0.1) is 6.61 Å². The number of hydrogen-bond donors (Lipinski definition) is 1. The molecule has 1 N–H and O–H groups in total. The van der Waals surface area contributed by atoms with E-state index < -0.39 is 0 Å². The minimum absolute atomic E-state index is 0.137.